The van der Waals surface area contributed by atoms with Crippen molar-refractivity contribution in [3.63, 3.8) is 0 Å². The number of hydrogen-bond donors (Lipinski definition) is 1. The van der Waals surface area contributed by atoms with Gasteiger partial charge in [-0.2, -0.15) is 0 Å². The van der Waals surface area contributed by atoms with Gasteiger partial charge in [-0.1, -0.05) is 0 Å². The Balaban J connectivity index is 3.62. The highest BCUT2D eigenvalue weighted by Gasteiger charge is 1.93. The molecule has 0 saturated heterocycles. The Morgan fingerprint density at radius 3 is 2.33 bits per heavy atom. The molecule has 0 amide bonds. The summed E-state index contributed by atoms with van der Waals surface area (Å²) in [6.07, 6.45) is 0.716. The standard InChI is InChI=1S/C9H19N3/c1-8(10)7-9(2)11-5-6-12(3)4/h10H,5-7H2,1-4H3. The van der Waals surface area contributed by atoms with Crippen LogP contribution in [0.3, 0.4) is 0 Å². The van der Waals surface area contributed by atoms with Crippen molar-refractivity contribution in [3.05, 3.63) is 0 Å². The monoisotopic (exact) mass is 169 g/mol. The molecule has 0 unspecified atom stereocenters. The summed E-state index contributed by atoms with van der Waals surface area (Å²) in [5.41, 5.74) is 1.74. The van der Waals surface area contributed by atoms with Crippen LogP contribution < -0.4 is 0 Å². The van der Waals surface area contributed by atoms with Crippen molar-refractivity contribution < 1.29 is 0 Å². The van der Waals surface area contributed by atoms with E-state index in [1.165, 1.54) is 0 Å². The van der Waals surface area contributed by atoms with E-state index in [1.54, 1.807) is 0 Å². The van der Waals surface area contributed by atoms with Gasteiger partial charge in [-0.3, -0.25) is 4.99 Å². The van der Waals surface area contributed by atoms with E-state index in [1.807, 2.05) is 27.9 Å². The van der Waals surface area contributed by atoms with Gasteiger partial charge in [0, 0.05) is 24.4 Å². The first-order valence-electron chi connectivity index (χ1n) is 4.21. The minimum atomic E-state index is 0.682. The SMILES string of the molecule is CC(=N)CC(C)=NCCN(C)C. The van der Waals surface area contributed by atoms with Gasteiger partial charge >= 0.3 is 0 Å². The van der Waals surface area contributed by atoms with Crippen molar-refractivity contribution in [3.8, 4) is 0 Å². The Labute approximate surface area is 75.0 Å². The normalized spacial score (nSPS) is 12.2. The zero-order valence-electron chi connectivity index (χ0n) is 8.52. The highest BCUT2D eigenvalue weighted by atomic mass is 15.1. The molecule has 1 N–H and O–H groups in total. The summed E-state index contributed by atoms with van der Waals surface area (Å²) in [4.78, 5) is 6.44. The number of nitrogens with one attached hydrogen (secondary N) is 1. The molecule has 0 heterocycles. The Morgan fingerprint density at radius 1 is 1.33 bits per heavy atom. The van der Waals surface area contributed by atoms with Crippen molar-refractivity contribution in [2.75, 3.05) is 27.2 Å². The van der Waals surface area contributed by atoms with Gasteiger partial charge in [-0.15, -0.1) is 0 Å². The minimum Gasteiger partial charge on any atom is -0.310 e. The molecule has 0 aliphatic heterocycles. The molecule has 0 spiro atoms. The molecule has 0 aromatic carbocycles. The molecule has 0 radical (unpaired) electrons. The number of aliphatic imine (C=N–C) groups is 1. The van der Waals surface area contributed by atoms with Crippen LogP contribution in [0.2, 0.25) is 0 Å². The molecule has 70 valence electrons. The third kappa shape index (κ3) is 7.41. The highest BCUT2D eigenvalue weighted by Crippen LogP contribution is 1.88. The minimum absolute atomic E-state index is 0.682. The second-order valence-electron chi connectivity index (χ2n) is 3.38. The molecule has 3 nitrogen and oxygen atoms in total. The molecule has 0 bridgehead atoms. The summed E-state index contributed by atoms with van der Waals surface area (Å²) in [7, 11) is 4.07. The van der Waals surface area contributed by atoms with E-state index < -0.39 is 0 Å². The average molecular weight is 169 g/mol. The lowest BCUT2D eigenvalue weighted by molar-refractivity contribution is 0.420. The zero-order valence-corrected chi connectivity index (χ0v) is 8.52. The number of likely N-dealkylation sites (N-methyl/N-ethyl adjacent to an activating group) is 1. The molecule has 0 saturated carbocycles. The van der Waals surface area contributed by atoms with Crippen LogP contribution in [-0.2, 0) is 0 Å². The smallest absolute Gasteiger partial charge is 0.0515 e. The maximum atomic E-state index is 7.25. The van der Waals surface area contributed by atoms with Crippen LogP contribution >= 0.6 is 0 Å². The van der Waals surface area contributed by atoms with Gasteiger partial charge in [0.1, 0.15) is 0 Å². The molecular formula is C9H19N3. The summed E-state index contributed by atoms with van der Waals surface area (Å²) < 4.78 is 0. The van der Waals surface area contributed by atoms with Gasteiger partial charge in [0.05, 0.1) is 6.54 Å². The third-order valence-electron chi connectivity index (χ3n) is 1.45. The maximum absolute atomic E-state index is 7.25. The van der Waals surface area contributed by atoms with Gasteiger partial charge in [-0.25, -0.2) is 0 Å². The molecule has 0 aliphatic carbocycles. The Bertz CT molecular complexity index is 171. The fourth-order valence-corrected chi connectivity index (χ4v) is 0.881. The average Bonchev–Trinajstić information content (AvgIpc) is 1.84. The molecule has 0 aromatic heterocycles. The first-order valence-corrected chi connectivity index (χ1v) is 4.21. The van der Waals surface area contributed by atoms with Crippen molar-refractivity contribution in [1.29, 1.82) is 5.41 Å². The highest BCUT2D eigenvalue weighted by molar-refractivity contribution is 6.00. The van der Waals surface area contributed by atoms with Crippen molar-refractivity contribution in [2.45, 2.75) is 20.3 Å². The Kier molecular flexibility index (Phi) is 5.54. The van der Waals surface area contributed by atoms with E-state index >= 15 is 0 Å². The van der Waals surface area contributed by atoms with E-state index in [4.69, 9.17) is 5.41 Å². The predicted octanol–water partition coefficient (Wildman–Crippen LogP) is 1.44. The van der Waals surface area contributed by atoms with Crippen LogP contribution in [0.1, 0.15) is 20.3 Å². The van der Waals surface area contributed by atoms with E-state index in [2.05, 4.69) is 9.89 Å². The Hall–Kier alpha value is -0.700. The van der Waals surface area contributed by atoms with Crippen LogP contribution in [0.4, 0.5) is 0 Å². The first kappa shape index (κ1) is 11.3. The van der Waals surface area contributed by atoms with Crippen molar-refractivity contribution in [2.24, 2.45) is 4.99 Å². The first-order chi connectivity index (χ1) is 5.52. The summed E-state index contributed by atoms with van der Waals surface area (Å²) in [5.74, 6) is 0. The van der Waals surface area contributed by atoms with E-state index in [-0.39, 0.29) is 0 Å². The fraction of sp³-hybridized carbons (Fsp3) is 0.778. The second kappa shape index (κ2) is 5.89. The molecule has 0 atom stereocenters. The van der Waals surface area contributed by atoms with E-state index in [9.17, 15) is 0 Å². The van der Waals surface area contributed by atoms with Crippen LogP contribution in [0, 0.1) is 5.41 Å². The molecule has 12 heavy (non-hydrogen) atoms. The van der Waals surface area contributed by atoms with Crippen molar-refractivity contribution >= 4 is 11.4 Å². The molecule has 3 heteroatoms. The molecule has 0 fully saturated rings. The zero-order chi connectivity index (χ0) is 9.56. The maximum Gasteiger partial charge on any atom is 0.0515 e. The van der Waals surface area contributed by atoms with E-state index in [0.29, 0.717) is 12.1 Å². The van der Waals surface area contributed by atoms with Gasteiger partial charge < -0.3 is 10.3 Å². The topological polar surface area (TPSA) is 39.5 Å². The molecular weight excluding hydrogens is 150 g/mol. The third-order valence-corrected chi connectivity index (χ3v) is 1.45. The van der Waals surface area contributed by atoms with Gasteiger partial charge in [-0.05, 0) is 27.9 Å². The summed E-state index contributed by atoms with van der Waals surface area (Å²) in [6, 6.07) is 0. The van der Waals surface area contributed by atoms with E-state index in [0.717, 1.165) is 18.8 Å². The Morgan fingerprint density at radius 2 is 1.92 bits per heavy atom. The molecule has 0 aliphatic rings. The van der Waals surface area contributed by atoms with Gasteiger partial charge in [0.25, 0.3) is 0 Å². The quantitative estimate of drug-likeness (QED) is 0.621. The number of rotatable bonds is 5. The predicted molar refractivity (Wildman–Crippen MR) is 54.5 cm³/mol. The molecule has 0 rings (SSSR count). The molecule has 0 aromatic rings. The summed E-state index contributed by atoms with van der Waals surface area (Å²) in [5, 5.41) is 7.25. The van der Waals surface area contributed by atoms with Crippen LogP contribution in [0.25, 0.3) is 0 Å². The fourth-order valence-electron chi connectivity index (χ4n) is 0.881. The second-order valence-corrected chi connectivity index (χ2v) is 3.38. The lowest BCUT2D eigenvalue weighted by Crippen LogP contribution is -2.16. The summed E-state index contributed by atoms with van der Waals surface area (Å²) >= 11 is 0. The lowest BCUT2D eigenvalue weighted by Gasteiger charge is -2.06. The van der Waals surface area contributed by atoms with Gasteiger partial charge in [0.15, 0.2) is 0 Å². The van der Waals surface area contributed by atoms with Crippen molar-refractivity contribution in [1.82, 2.24) is 4.90 Å². The number of nitrogens with zero attached hydrogens (tertiary/aromatic N) is 2. The van der Waals surface area contributed by atoms with Crippen LogP contribution in [0.5, 0.6) is 0 Å². The van der Waals surface area contributed by atoms with Gasteiger partial charge in [0.2, 0.25) is 0 Å². The van der Waals surface area contributed by atoms with Crippen LogP contribution in [-0.4, -0.2) is 43.5 Å². The van der Waals surface area contributed by atoms with Crippen LogP contribution in [0.15, 0.2) is 4.99 Å². The largest absolute Gasteiger partial charge is 0.310 e. The summed E-state index contributed by atoms with van der Waals surface area (Å²) in [6.45, 7) is 5.61. The lowest BCUT2D eigenvalue weighted by atomic mass is 10.2. The number of hydrogen-bond acceptors (Lipinski definition) is 3.